The molecular formula is C23H28O2Si. The number of rotatable bonds is 5. The van der Waals surface area contributed by atoms with Gasteiger partial charge in [-0.2, -0.15) is 0 Å². The van der Waals surface area contributed by atoms with Crippen LogP contribution in [-0.2, 0) is 4.43 Å². The van der Waals surface area contributed by atoms with Crippen LogP contribution in [0.2, 0.25) is 5.04 Å². The van der Waals surface area contributed by atoms with Crippen LogP contribution in [0.4, 0.5) is 0 Å². The molecule has 2 aromatic rings. The van der Waals surface area contributed by atoms with Crippen molar-refractivity contribution in [2.24, 2.45) is 0 Å². The van der Waals surface area contributed by atoms with E-state index in [1.54, 1.807) is 6.92 Å². The Morgan fingerprint density at radius 2 is 1.50 bits per heavy atom. The van der Waals surface area contributed by atoms with Gasteiger partial charge in [0.1, 0.15) is 6.10 Å². The molecule has 0 aliphatic heterocycles. The van der Waals surface area contributed by atoms with Gasteiger partial charge in [0.05, 0.1) is 6.61 Å². The van der Waals surface area contributed by atoms with E-state index in [0.29, 0.717) is 5.57 Å². The molecule has 1 N–H and O–H groups in total. The van der Waals surface area contributed by atoms with Gasteiger partial charge in [0.15, 0.2) is 0 Å². The molecular weight excluding hydrogens is 336 g/mol. The van der Waals surface area contributed by atoms with Gasteiger partial charge in [-0.25, -0.2) is 0 Å². The zero-order valence-electron chi connectivity index (χ0n) is 16.1. The number of aliphatic hydroxyl groups excluding tert-OH is 1. The molecule has 0 aromatic heterocycles. The van der Waals surface area contributed by atoms with Crippen molar-refractivity contribution < 1.29 is 9.53 Å². The molecule has 1 atom stereocenters. The molecule has 2 aromatic carbocycles. The van der Waals surface area contributed by atoms with Crippen molar-refractivity contribution in [2.75, 3.05) is 6.61 Å². The van der Waals surface area contributed by atoms with E-state index in [4.69, 9.17) is 4.43 Å². The van der Waals surface area contributed by atoms with Crippen molar-refractivity contribution in [3.05, 3.63) is 72.8 Å². The summed E-state index contributed by atoms with van der Waals surface area (Å²) in [5.41, 5.74) is 0.642. The van der Waals surface area contributed by atoms with E-state index in [1.165, 1.54) is 10.4 Å². The summed E-state index contributed by atoms with van der Waals surface area (Å²) >= 11 is 0. The SMILES string of the molecule is C=C(C)[C@H](O)C#CCO[Si](c1ccccc1)(c1ccccc1)C(C)(C)C. The van der Waals surface area contributed by atoms with Gasteiger partial charge in [-0.1, -0.05) is 99.9 Å². The lowest BCUT2D eigenvalue weighted by molar-refractivity contribution is 0.268. The zero-order valence-corrected chi connectivity index (χ0v) is 17.1. The Bertz CT molecular complexity index is 740. The first kappa shape index (κ1) is 20.2. The lowest BCUT2D eigenvalue weighted by Crippen LogP contribution is -2.66. The topological polar surface area (TPSA) is 29.5 Å². The summed E-state index contributed by atoms with van der Waals surface area (Å²) < 4.78 is 6.62. The van der Waals surface area contributed by atoms with Gasteiger partial charge in [-0.15, -0.1) is 0 Å². The van der Waals surface area contributed by atoms with Crippen LogP contribution in [0.5, 0.6) is 0 Å². The Balaban J connectivity index is 2.49. The average Bonchev–Trinajstić information content (AvgIpc) is 2.62. The minimum absolute atomic E-state index is 0.0790. The van der Waals surface area contributed by atoms with E-state index < -0.39 is 14.4 Å². The maximum absolute atomic E-state index is 9.83. The van der Waals surface area contributed by atoms with Crippen LogP contribution in [0.15, 0.2) is 72.8 Å². The first-order valence-corrected chi connectivity index (χ1v) is 10.8. The molecule has 26 heavy (non-hydrogen) atoms. The summed E-state index contributed by atoms with van der Waals surface area (Å²) in [5, 5.41) is 12.2. The monoisotopic (exact) mass is 364 g/mol. The molecule has 0 saturated carbocycles. The molecule has 2 nitrogen and oxygen atoms in total. The first-order chi connectivity index (χ1) is 12.3. The summed E-state index contributed by atoms with van der Waals surface area (Å²) in [6.07, 6.45) is -0.808. The number of hydrogen-bond donors (Lipinski definition) is 1. The average molecular weight is 365 g/mol. The molecule has 0 saturated heterocycles. The third-order valence-electron chi connectivity index (χ3n) is 4.48. The molecule has 0 heterocycles. The molecule has 136 valence electrons. The Hall–Kier alpha value is -2.12. The summed E-state index contributed by atoms with van der Waals surface area (Å²) in [4.78, 5) is 0. The lowest BCUT2D eigenvalue weighted by Gasteiger charge is -2.42. The van der Waals surface area contributed by atoms with Gasteiger partial charge in [0.25, 0.3) is 8.32 Å². The lowest BCUT2D eigenvalue weighted by atomic mass is 10.2. The molecule has 0 spiro atoms. The quantitative estimate of drug-likeness (QED) is 0.500. The second kappa shape index (κ2) is 8.51. The van der Waals surface area contributed by atoms with Gasteiger partial charge in [0.2, 0.25) is 0 Å². The first-order valence-electron chi connectivity index (χ1n) is 8.86. The summed E-state index contributed by atoms with van der Waals surface area (Å²) in [5.74, 6) is 5.80. The van der Waals surface area contributed by atoms with E-state index in [1.807, 2.05) is 12.1 Å². The molecule has 0 radical (unpaired) electrons. The Kier molecular flexibility index (Phi) is 6.61. The number of hydrogen-bond acceptors (Lipinski definition) is 2. The maximum atomic E-state index is 9.83. The fraction of sp³-hybridized carbons (Fsp3) is 0.304. The summed E-state index contributed by atoms with van der Waals surface area (Å²) in [6, 6.07) is 20.9. The Morgan fingerprint density at radius 1 is 1.04 bits per heavy atom. The van der Waals surface area contributed by atoms with E-state index in [-0.39, 0.29) is 11.6 Å². The highest BCUT2D eigenvalue weighted by Crippen LogP contribution is 2.36. The van der Waals surface area contributed by atoms with Gasteiger partial charge in [0, 0.05) is 0 Å². The van der Waals surface area contributed by atoms with Gasteiger partial charge in [-0.05, 0) is 27.9 Å². The molecule has 0 bridgehead atoms. The smallest absolute Gasteiger partial charge is 0.262 e. The third kappa shape index (κ3) is 4.34. The molecule has 3 heteroatoms. The third-order valence-corrected chi connectivity index (χ3v) is 9.47. The minimum Gasteiger partial charge on any atom is -0.396 e. The van der Waals surface area contributed by atoms with Gasteiger partial charge in [-0.3, -0.25) is 0 Å². The van der Waals surface area contributed by atoms with Crippen LogP contribution in [0.1, 0.15) is 27.7 Å². The molecule has 0 amide bonds. The number of benzene rings is 2. The Morgan fingerprint density at radius 3 is 1.88 bits per heavy atom. The van der Waals surface area contributed by atoms with Crippen LogP contribution in [-0.4, -0.2) is 26.1 Å². The molecule has 0 aliphatic carbocycles. The van der Waals surface area contributed by atoms with Crippen molar-refractivity contribution in [2.45, 2.75) is 38.8 Å². The van der Waals surface area contributed by atoms with Gasteiger partial charge >= 0.3 is 0 Å². The minimum atomic E-state index is -2.56. The van der Waals surface area contributed by atoms with Crippen molar-refractivity contribution in [1.29, 1.82) is 0 Å². The van der Waals surface area contributed by atoms with Crippen LogP contribution >= 0.6 is 0 Å². The highest BCUT2D eigenvalue weighted by atomic mass is 28.4. The van der Waals surface area contributed by atoms with Gasteiger partial charge < -0.3 is 9.53 Å². The second-order valence-corrected chi connectivity index (χ2v) is 11.8. The largest absolute Gasteiger partial charge is 0.396 e. The predicted octanol–water partition coefficient (Wildman–Crippen LogP) is 3.50. The normalized spacial score (nSPS) is 12.8. The number of aliphatic hydroxyl groups is 1. The summed E-state index contributed by atoms with van der Waals surface area (Å²) in [6.45, 7) is 12.5. The standard InChI is InChI=1S/C23H28O2Si/c1-19(2)22(24)17-12-18-25-26(23(3,4)5,20-13-8-6-9-14-20)21-15-10-7-11-16-21/h6-11,13-16,22,24H,1,18H2,2-5H3/t22-/m1/s1. The summed E-state index contributed by atoms with van der Waals surface area (Å²) in [7, 11) is -2.56. The molecule has 0 unspecified atom stereocenters. The van der Waals surface area contributed by atoms with Crippen LogP contribution in [0, 0.1) is 11.8 Å². The van der Waals surface area contributed by atoms with Crippen molar-refractivity contribution in [1.82, 2.24) is 0 Å². The maximum Gasteiger partial charge on any atom is 0.262 e. The van der Waals surface area contributed by atoms with E-state index in [2.05, 4.69) is 87.7 Å². The molecule has 0 aliphatic rings. The Labute approximate surface area is 158 Å². The molecule has 0 fully saturated rings. The predicted molar refractivity (Wildman–Crippen MR) is 112 cm³/mol. The van der Waals surface area contributed by atoms with Crippen LogP contribution in [0.25, 0.3) is 0 Å². The zero-order chi connectivity index (χ0) is 19.2. The van der Waals surface area contributed by atoms with Crippen molar-refractivity contribution >= 4 is 18.7 Å². The van der Waals surface area contributed by atoms with Crippen LogP contribution < -0.4 is 10.4 Å². The van der Waals surface area contributed by atoms with E-state index >= 15 is 0 Å². The van der Waals surface area contributed by atoms with E-state index in [9.17, 15) is 5.11 Å². The van der Waals surface area contributed by atoms with Crippen molar-refractivity contribution in [3.63, 3.8) is 0 Å². The fourth-order valence-electron chi connectivity index (χ4n) is 3.17. The second-order valence-electron chi connectivity index (χ2n) is 7.52. The van der Waals surface area contributed by atoms with E-state index in [0.717, 1.165) is 0 Å². The van der Waals surface area contributed by atoms with Crippen molar-refractivity contribution in [3.8, 4) is 11.8 Å². The van der Waals surface area contributed by atoms with Crippen LogP contribution in [0.3, 0.4) is 0 Å². The highest BCUT2D eigenvalue weighted by molar-refractivity contribution is 6.99. The molecule has 2 rings (SSSR count). The highest BCUT2D eigenvalue weighted by Gasteiger charge is 2.49. The fourth-order valence-corrected chi connectivity index (χ4v) is 7.61.